The van der Waals surface area contributed by atoms with Crippen molar-refractivity contribution in [3.8, 4) is 0 Å². The number of amidine groups is 1. The van der Waals surface area contributed by atoms with Crippen LogP contribution in [-0.2, 0) is 4.79 Å². The first-order valence-corrected chi connectivity index (χ1v) is 12.3. The molecule has 0 radical (unpaired) electrons. The summed E-state index contributed by atoms with van der Waals surface area (Å²) in [6.45, 7) is 21.7. The van der Waals surface area contributed by atoms with Gasteiger partial charge in [0.05, 0.1) is 23.3 Å². The Morgan fingerprint density at radius 1 is 1.20 bits per heavy atom. The molecule has 0 bridgehead atoms. The van der Waals surface area contributed by atoms with Gasteiger partial charge >= 0.3 is 0 Å². The zero-order valence-electron chi connectivity index (χ0n) is 21.3. The molecule has 4 heterocycles. The first-order chi connectivity index (χ1) is 16.9. The highest BCUT2D eigenvalue weighted by atomic mass is 16.2. The van der Waals surface area contributed by atoms with Crippen molar-refractivity contribution in [1.82, 2.24) is 24.9 Å². The Morgan fingerprint density at radius 3 is 2.51 bits per heavy atom. The normalized spacial score (nSPS) is 19.1. The maximum atomic E-state index is 11.8. The van der Waals surface area contributed by atoms with Gasteiger partial charge in [0, 0.05) is 55.0 Å². The molecular weight excluding hydrogens is 436 g/mol. The summed E-state index contributed by atoms with van der Waals surface area (Å²) in [7, 11) is 2.14. The van der Waals surface area contributed by atoms with Crippen LogP contribution in [0.2, 0.25) is 0 Å². The lowest BCUT2D eigenvalue weighted by molar-refractivity contribution is -0.131. The summed E-state index contributed by atoms with van der Waals surface area (Å²) < 4.78 is 0. The fraction of sp³-hybridized carbons (Fsp3) is 0.393. The van der Waals surface area contributed by atoms with Gasteiger partial charge in [-0.15, -0.1) is 0 Å². The Morgan fingerprint density at radius 2 is 1.91 bits per heavy atom. The Hall–Kier alpha value is -3.45. The SMILES string of the molecule is C=CC(=O)N1CC(CC2=Nc3ccc(/C(C)=c4\cn[nH]c4=C)cc3C(=C)N2C2CN(C)C2)C1.CC. The number of carbonyl (C=O) groups excluding carboxylic acids is 1. The molecule has 1 N–H and O–H groups in total. The second-order valence-electron chi connectivity index (χ2n) is 9.36. The number of amides is 1. The molecule has 0 unspecified atom stereocenters. The second kappa shape index (κ2) is 10.0. The van der Waals surface area contributed by atoms with E-state index < -0.39 is 0 Å². The predicted molar refractivity (Wildman–Crippen MR) is 143 cm³/mol. The van der Waals surface area contributed by atoms with E-state index in [2.05, 4.69) is 71.9 Å². The summed E-state index contributed by atoms with van der Waals surface area (Å²) in [5.41, 5.74) is 5.26. The molecule has 1 aromatic carbocycles. The second-order valence-corrected chi connectivity index (χ2v) is 9.36. The topological polar surface area (TPSA) is 67.8 Å². The number of benzene rings is 1. The molecule has 2 fully saturated rings. The van der Waals surface area contributed by atoms with E-state index in [0.29, 0.717) is 12.0 Å². The number of likely N-dealkylation sites (N-methyl/N-ethyl adjacent to an activating group) is 1. The first kappa shape index (κ1) is 24.7. The van der Waals surface area contributed by atoms with Crippen LogP contribution >= 0.6 is 0 Å². The fourth-order valence-electron chi connectivity index (χ4n) is 5.04. The summed E-state index contributed by atoms with van der Waals surface area (Å²) in [5.74, 6) is 1.48. The number of nitrogens with one attached hydrogen (secondary N) is 1. The van der Waals surface area contributed by atoms with Gasteiger partial charge in [-0.2, -0.15) is 5.10 Å². The molecule has 3 aliphatic rings. The van der Waals surface area contributed by atoms with E-state index in [4.69, 9.17) is 4.99 Å². The largest absolute Gasteiger partial charge is 0.338 e. The average Bonchev–Trinajstić information content (AvgIpc) is 3.25. The molecule has 1 aromatic heterocycles. The Kier molecular flexibility index (Phi) is 7.08. The molecule has 7 nitrogen and oxygen atoms in total. The van der Waals surface area contributed by atoms with Crippen LogP contribution in [0.5, 0.6) is 0 Å². The third-order valence-electron chi connectivity index (χ3n) is 7.01. The Bertz CT molecular complexity index is 1280. The van der Waals surface area contributed by atoms with Crippen LogP contribution < -0.4 is 10.6 Å². The monoisotopic (exact) mass is 472 g/mol. The first-order valence-electron chi connectivity index (χ1n) is 12.3. The quantitative estimate of drug-likeness (QED) is 0.680. The summed E-state index contributed by atoms with van der Waals surface area (Å²) in [6, 6.07) is 6.74. The minimum atomic E-state index is 0.00581. The van der Waals surface area contributed by atoms with Crippen LogP contribution in [-0.4, -0.2) is 75.9 Å². The van der Waals surface area contributed by atoms with Gasteiger partial charge < -0.3 is 14.7 Å². The number of aromatic nitrogens is 2. The number of hydrogen-bond donors (Lipinski definition) is 1. The summed E-state index contributed by atoms with van der Waals surface area (Å²) in [6.07, 6.45) is 4.05. The number of aromatic amines is 1. The van der Waals surface area contributed by atoms with Crippen molar-refractivity contribution in [3.05, 3.63) is 65.3 Å². The molecule has 2 saturated heterocycles. The van der Waals surface area contributed by atoms with E-state index in [-0.39, 0.29) is 5.91 Å². The standard InChI is InChI=1S/C26H30N6O.C2H6/c1-6-26(33)31-12-19(13-31)9-25-28-24-8-7-20(16(2)23-11-27-29-17(23)3)10-22(24)18(4)32(25)21-14-30(5)15-21;1-2/h6-8,10-11,19,21,29H,1,3-4,9,12-15H2,2,5H3;1-2H3/b23-16+;. The van der Waals surface area contributed by atoms with Crippen molar-refractivity contribution in [2.75, 3.05) is 33.2 Å². The van der Waals surface area contributed by atoms with Crippen LogP contribution in [0.4, 0.5) is 5.69 Å². The molecule has 184 valence electrons. The maximum Gasteiger partial charge on any atom is 0.245 e. The molecule has 2 aromatic rings. The van der Waals surface area contributed by atoms with Gasteiger partial charge in [-0.25, -0.2) is 4.99 Å². The highest BCUT2D eigenvalue weighted by Crippen LogP contribution is 2.39. The number of nitrogens with zero attached hydrogens (tertiary/aromatic N) is 5. The minimum absolute atomic E-state index is 0.00581. The number of H-pyrrole nitrogens is 1. The molecule has 0 spiro atoms. The van der Waals surface area contributed by atoms with Crippen LogP contribution in [0.3, 0.4) is 0 Å². The lowest BCUT2D eigenvalue weighted by Gasteiger charge is -2.48. The number of likely N-dealkylation sites (tertiary alicyclic amines) is 2. The molecule has 0 saturated carbocycles. The Labute approximate surface area is 207 Å². The van der Waals surface area contributed by atoms with Crippen LogP contribution in [0.15, 0.2) is 48.6 Å². The van der Waals surface area contributed by atoms with Gasteiger partial charge in [0.1, 0.15) is 5.84 Å². The lowest BCUT2D eigenvalue weighted by atomic mass is 9.91. The Balaban J connectivity index is 0.00000141. The highest BCUT2D eigenvalue weighted by molar-refractivity contribution is 5.99. The molecule has 0 atom stereocenters. The number of hydrogen-bond acceptors (Lipinski definition) is 5. The summed E-state index contributed by atoms with van der Waals surface area (Å²) in [5, 5.41) is 8.86. The molecule has 0 aliphatic carbocycles. The van der Waals surface area contributed by atoms with Crippen molar-refractivity contribution in [1.29, 1.82) is 0 Å². The van der Waals surface area contributed by atoms with E-state index in [1.54, 1.807) is 0 Å². The van der Waals surface area contributed by atoms with Crippen molar-refractivity contribution in [2.24, 2.45) is 10.9 Å². The van der Waals surface area contributed by atoms with Crippen molar-refractivity contribution < 1.29 is 4.79 Å². The third kappa shape index (κ3) is 4.60. The minimum Gasteiger partial charge on any atom is -0.338 e. The van der Waals surface area contributed by atoms with Crippen molar-refractivity contribution in [2.45, 2.75) is 33.2 Å². The van der Waals surface area contributed by atoms with Crippen LogP contribution in [0, 0.1) is 5.92 Å². The number of rotatable bonds is 5. The number of fused-ring (bicyclic) bond motifs is 1. The highest BCUT2D eigenvalue weighted by Gasteiger charge is 2.38. The predicted octanol–water partition coefficient (Wildman–Crippen LogP) is 2.73. The van der Waals surface area contributed by atoms with E-state index in [0.717, 1.165) is 77.1 Å². The van der Waals surface area contributed by atoms with E-state index in [1.165, 1.54) is 6.08 Å². The van der Waals surface area contributed by atoms with E-state index in [9.17, 15) is 4.79 Å². The molecule has 3 aliphatic heterocycles. The van der Waals surface area contributed by atoms with Crippen LogP contribution in [0.25, 0.3) is 17.8 Å². The zero-order chi connectivity index (χ0) is 25.3. The molecule has 5 rings (SSSR count). The molecule has 1 amide bonds. The van der Waals surface area contributed by atoms with Gasteiger partial charge in [0.25, 0.3) is 0 Å². The smallest absolute Gasteiger partial charge is 0.245 e. The molecular formula is C28H36N6O. The number of carbonyl (C=O) groups is 1. The van der Waals surface area contributed by atoms with Gasteiger partial charge in [-0.1, -0.05) is 39.7 Å². The van der Waals surface area contributed by atoms with Gasteiger partial charge in [-0.05, 0) is 43.3 Å². The van der Waals surface area contributed by atoms with Gasteiger partial charge in [-0.3, -0.25) is 9.89 Å². The summed E-state index contributed by atoms with van der Waals surface area (Å²) >= 11 is 0. The molecule has 35 heavy (non-hydrogen) atoms. The maximum absolute atomic E-state index is 11.8. The van der Waals surface area contributed by atoms with Crippen molar-refractivity contribution in [3.63, 3.8) is 0 Å². The lowest BCUT2D eigenvalue weighted by Crippen LogP contribution is -2.60. The summed E-state index contributed by atoms with van der Waals surface area (Å²) in [4.78, 5) is 23.4. The van der Waals surface area contributed by atoms with Gasteiger partial charge in [0.15, 0.2) is 0 Å². The van der Waals surface area contributed by atoms with E-state index >= 15 is 0 Å². The molecule has 7 heteroatoms. The van der Waals surface area contributed by atoms with Crippen LogP contribution in [0.1, 0.15) is 38.3 Å². The van der Waals surface area contributed by atoms with E-state index in [1.807, 2.05) is 24.9 Å². The van der Waals surface area contributed by atoms with Crippen molar-refractivity contribution >= 4 is 35.3 Å². The average molecular weight is 473 g/mol. The zero-order valence-corrected chi connectivity index (χ0v) is 21.3. The number of aliphatic imine (C=N–C) groups is 1. The fourth-order valence-corrected chi connectivity index (χ4v) is 5.04. The third-order valence-corrected chi connectivity index (χ3v) is 7.01. The van der Waals surface area contributed by atoms with Gasteiger partial charge in [0.2, 0.25) is 5.91 Å².